The SMILES string of the molecule is c1ccc(-n2c3ccccc3c3cc(-c4nc5oc6ccccc6c5nc4-n4c5ccccc5c5cc6ccccc6cc54)ccc32)cc1.c1ccc(-n2c3ccccc3c3cc(-c4nc5sc6ccccc6c5nc4-n4c5ccccc5c5cc6ccccc6cc54)ccc32)cc1.c1ccc(-n2c3ccccc3c3ccc(-c4nc5sc6ccccc6c5nc4-n4c5ccccc5c5cc6ccccc6cc54)cc32)cc1. The highest BCUT2D eigenvalue weighted by atomic mass is 32.1. The van der Waals surface area contributed by atoms with E-state index in [1.54, 1.807) is 22.7 Å². The summed E-state index contributed by atoms with van der Waals surface area (Å²) >= 11 is 3.41. The molecule has 0 aliphatic carbocycles. The Morgan fingerprint density at radius 2 is 0.435 bits per heavy atom. The van der Waals surface area contributed by atoms with Crippen molar-refractivity contribution in [2.75, 3.05) is 0 Å². The predicted octanol–water partition coefficient (Wildman–Crippen LogP) is 35.1. The monoisotopic (exact) mass is 1910 g/mol. The van der Waals surface area contributed by atoms with E-state index in [1.165, 1.54) is 112 Å². The number of rotatable bonds is 9. The van der Waals surface area contributed by atoms with Crippen LogP contribution in [-0.4, -0.2) is 57.3 Å². The molecule has 0 aliphatic rings. The van der Waals surface area contributed by atoms with Gasteiger partial charge in [0.05, 0.1) is 66.2 Å². The molecular formula is C132H78N12OS2. The maximum atomic E-state index is 6.35. The number of hydrogen-bond acceptors (Lipinski definition) is 9. The fourth-order valence-corrected chi connectivity index (χ4v) is 25.2. The van der Waals surface area contributed by atoms with Crippen molar-refractivity contribution in [1.82, 2.24) is 57.3 Å². The highest BCUT2D eigenvalue weighted by Crippen LogP contribution is 2.49. The van der Waals surface area contributed by atoms with Gasteiger partial charge in [-0.05, 0) is 196 Å². The number of thiophene rings is 2. The molecule has 0 N–H and O–H groups in total. The Hall–Kier alpha value is -19.3. The van der Waals surface area contributed by atoms with E-state index in [9.17, 15) is 0 Å². The number of furan rings is 1. The smallest absolute Gasteiger partial charge is 0.247 e. The summed E-state index contributed by atoms with van der Waals surface area (Å²) in [5.74, 6) is 2.44. The zero-order valence-electron chi connectivity index (χ0n) is 78.6. The van der Waals surface area contributed by atoms with Crippen molar-refractivity contribution in [2.45, 2.75) is 0 Å². The fourth-order valence-electron chi connectivity index (χ4n) is 23.2. The summed E-state index contributed by atoms with van der Waals surface area (Å²) in [6.45, 7) is 0. The molecule has 0 atom stereocenters. The predicted molar refractivity (Wildman–Crippen MR) is 614 cm³/mol. The Bertz CT molecular complexity index is 10900. The standard InChI is InChI=1S/C44H26N4O.2C44H26N4S/c2*1-2-14-30(15-3-1)47-36-19-9-6-16-31(36)34-25-29(22-23-38(34)47)41-43(45-42-33-18-8-11-21-40(33)49-44(42)46-41)48-37-20-10-7-17-32(37)35-24-27-12-4-5-13-28(27)26-39(35)48;1-2-14-30(15-3-1)47-36-19-9-6-16-31(36)33-23-22-29(26-38(33)47)41-43(45-42-34-18-8-11-21-40(34)49-44(42)46-41)48-37-20-10-7-17-32(37)35-24-27-12-4-5-13-28(27)25-39(35)48/h3*1-26H. The Balaban J connectivity index is 0.0000000999. The molecule has 0 unspecified atom stereocenters. The molecule has 15 heteroatoms. The van der Waals surface area contributed by atoms with E-state index in [1.807, 2.05) is 18.2 Å². The first kappa shape index (κ1) is 82.4. The summed E-state index contributed by atoms with van der Waals surface area (Å²) in [6.07, 6.45) is 0. The van der Waals surface area contributed by atoms with Gasteiger partial charge in [0.25, 0.3) is 0 Å². The van der Waals surface area contributed by atoms with Crippen LogP contribution in [0.25, 0.3) is 295 Å². The third kappa shape index (κ3) is 12.8. The minimum absolute atomic E-state index is 0.526. The third-order valence-electron chi connectivity index (χ3n) is 29.7. The average Bonchev–Trinajstić information content (AvgIpc) is 1.56. The van der Waals surface area contributed by atoms with Crippen LogP contribution in [0, 0.1) is 0 Å². The van der Waals surface area contributed by atoms with E-state index in [0.29, 0.717) is 5.71 Å². The summed E-state index contributed by atoms with van der Waals surface area (Å²) in [7, 11) is 0. The summed E-state index contributed by atoms with van der Waals surface area (Å²) in [5.41, 5.74) is 26.5. The molecule has 33 aromatic rings. The van der Waals surface area contributed by atoms with Crippen LogP contribution < -0.4 is 0 Å². The zero-order chi connectivity index (χ0) is 96.2. The second-order valence-corrected chi connectivity index (χ2v) is 40.0. The van der Waals surface area contributed by atoms with Gasteiger partial charge in [-0.15, -0.1) is 22.7 Å². The molecule has 0 saturated heterocycles. The van der Waals surface area contributed by atoms with Gasteiger partial charge in [-0.2, -0.15) is 0 Å². The van der Waals surface area contributed by atoms with Crippen molar-refractivity contribution in [3.05, 3.63) is 473 Å². The van der Waals surface area contributed by atoms with Gasteiger partial charge in [0.2, 0.25) is 5.71 Å². The second kappa shape index (κ2) is 32.6. The first-order valence-electron chi connectivity index (χ1n) is 49.5. The number of aromatic nitrogens is 12. The molecule has 147 heavy (non-hydrogen) atoms. The van der Waals surface area contributed by atoms with Crippen molar-refractivity contribution in [1.29, 1.82) is 0 Å². The van der Waals surface area contributed by atoms with Gasteiger partial charge >= 0.3 is 0 Å². The third-order valence-corrected chi connectivity index (χ3v) is 31.8. The first-order valence-corrected chi connectivity index (χ1v) is 51.2. The van der Waals surface area contributed by atoms with Gasteiger partial charge in [0.1, 0.15) is 48.9 Å². The molecule has 12 aromatic heterocycles. The van der Waals surface area contributed by atoms with Crippen molar-refractivity contribution in [2.24, 2.45) is 0 Å². The maximum Gasteiger partial charge on any atom is 0.247 e. The molecule has 0 saturated carbocycles. The molecule has 33 rings (SSSR count). The van der Waals surface area contributed by atoms with Crippen LogP contribution in [0.4, 0.5) is 0 Å². The van der Waals surface area contributed by atoms with Gasteiger partial charge in [0, 0.05) is 124 Å². The molecule has 0 spiro atoms. The fraction of sp³-hybridized carbons (Fsp3) is 0. The lowest BCUT2D eigenvalue weighted by molar-refractivity contribution is 0.653. The van der Waals surface area contributed by atoms with Crippen LogP contribution in [0.15, 0.2) is 478 Å². The summed E-state index contributed by atoms with van der Waals surface area (Å²) < 4.78 is 22.7. The number of fused-ring (bicyclic) bond motifs is 30. The summed E-state index contributed by atoms with van der Waals surface area (Å²) in [4.78, 5) is 34.8. The largest absolute Gasteiger partial charge is 0.436 e. The van der Waals surface area contributed by atoms with Crippen molar-refractivity contribution in [3.63, 3.8) is 0 Å². The van der Waals surface area contributed by atoms with Crippen LogP contribution in [0.2, 0.25) is 0 Å². The maximum absolute atomic E-state index is 6.35. The lowest BCUT2D eigenvalue weighted by atomic mass is 10.1. The molecule has 13 nitrogen and oxygen atoms in total. The van der Waals surface area contributed by atoms with Gasteiger partial charge < -0.3 is 18.1 Å². The van der Waals surface area contributed by atoms with E-state index in [4.69, 9.17) is 34.3 Å². The first-order chi connectivity index (χ1) is 72.9. The lowest BCUT2D eigenvalue weighted by Crippen LogP contribution is -2.03. The van der Waals surface area contributed by atoms with Gasteiger partial charge in [-0.3, -0.25) is 13.7 Å². The molecule has 684 valence electrons. The molecule has 0 bridgehead atoms. The van der Waals surface area contributed by atoms with Gasteiger partial charge in [0.15, 0.2) is 17.5 Å². The normalized spacial score (nSPS) is 12.1. The zero-order valence-corrected chi connectivity index (χ0v) is 80.3. The van der Waals surface area contributed by atoms with Gasteiger partial charge in [-0.1, -0.05) is 309 Å². The molecular weight excluding hydrogens is 1830 g/mol. The molecule has 21 aromatic carbocycles. The Morgan fingerprint density at radius 1 is 0.170 bits per heavy atom. The Labute approximate surface area is 845 Å². The van der Waals surface area contributed by atoms with Crippen LogP contribution in [0.5, 0.6) is 0 Å². The van der Waals surface area contributed by atoms with E-state index in [2.05, 4.69) is 482 Å². The van der Waals surface area contributed by atoms with Crippen LogP contribution in [0.1, 0.15) is 0 Å². The Kier molecular flexibility index (Phi) is 18.3. The van der Waals surface area contributed by atoms with E-state index in [-0.39, 0.29) is 0 Å². The van der Waals surface area contributed by atoms with Crippen molar-refractivity contribution in [3.8, 4) is 68.3 Å². The minimum Gasteiger partial charge on any atom is -0.436 e. The average molecular weight is 1910 g/mol. The molecule has 12 heterocycles. The van der Waals surface area contributed by atoms with Gasteiger partial charge in [-0.25, -0.2) is 29.9 Å². The topological polar surface area (TPSA) is 120 Å². The van der Waals surface area contributed by atoms with E-state index < -0.39 is 0 Å². The number of nitrogens with zero attached hydrogens (tertiary/aromatic N) is 12. The molecule has 0 fully saturated rings. The van der Waals surface area contributed by atoms with Crippen LogP contribution in [0.3, 0.4) is 0 Å². The highest BCUT2D eigenvalue weighted by Gasteiger charge is 2.30. The van der Waals surface area contributed by atoms with Crippen molar-refractivity contribution >= 4 is 249 Å². The van der Waals surface area contributed by atoms with E-state index >= 15 is 0 Å². The second-order valence-electron chi connectivity index (χ2n) is 37.9. The van der Waals surface area contributed by atoms with Crippen LogP contribution >= 0.6 is 22.7 Å². The van der Waals surface area contributed by atoms with Crippen LogP contribution in [-0.2, 0) is 0 Å². The molecule has 0 amide bonds. The summed E-state index contributed by atoms with van der Waals surface area (Å²) in [6, 6.07) is 169. The quantitative estimate of drug-likeness (QED) is 0.141. The highest BCUT2D eigenvalue weighted by molar-refractivity contribution is 7.25. The molecule has 0 radical (unpaired) electrons. The number of para-hydroxylation sites is 10. The van der Waals surface area contributed by atoms with E-state index in [0.717, 1.165) is 177 Å². The van der Waals surface area contributed by atoms with Crippen molar-refractivity contribution < 1.29 is 4.42 Å². The molecule has 0 aliphatic heterocycles. The lowest BCUT2D eigenvalue weighted by Gasteiger charge is -2.14. The Morgan fingerprint density at radius 3 is 0.830 bits per heavy atom. The number of benzene rings is 21. The number of hydrogen-bond donors (Lipinski definition) is 0. The minimum atomic E-state index is 0.526. The summed E-state index contributed by atoms with van der Waals surface area (Å²) in [5, 5.41) is 24.8.